The maximum absolute atomic E-state index is 5.39. The first kappa shape index (κ1) is 12.4. The molecule has 0 aliphatic carbocycles. The van der Waals surface area contributed by atoms with Crippen LogP contribution in [0.25, 0.3) is 22.9 Å². The molecule has 0 fully saturated rings. The van der Waals surface area contributed by atoms with E-state index >= 15 is 0 Å². The minimum atomic E-state index is 0.874. The van der Waals surface area contributed by atoms with E-state index in [9.17, 15) is 0 Å². The van der Waals surface area contributed by atoms with Gasteiger partial charge in [0.1, 0.15) is 5.75 Å². The first-order valence-electron chi connectivity index (χ1n) is 6.53. The molecule has 0 amide bonds. The fourth-order valence-electron chi connectivity index (χ4n) is 2.25. The second-order valence-corrected chi connectivity index (χ2v) is 4.50. The van der Waals surface area contributed by atoms with Gasteiger partial charge in [0.2, 0.25) is 0 Å². The Kier molecular flexibility index (Phi) is 3.46. The van der Waals surface area contributed by atoms with E-state index in [1.807, 2.05) is 48.7 Å². The van der Waals surface area contributed by atoms with Gasteiger partial charge in [-0.1, -0.05) is 48.5 Å². The van der Waals surface area contributed by atoms with Crippen molar-refractivity contribution in [3.63, 3.8) is 0 Å². The van der Waals surface area contributed by atoms with Gasteiger partial charge in [0.15, 0.2) is 0 Å². The van der Waals surface area contributed by atoms with E-state index in [1.54, 1.807) is 7.11 Å². The maximum Gasteiger partial charge on any atom is 0.126 e. The number of pyridine rings is 1. The largest absolute Gasteiger partial charge is 0.496 e. The summed E-state index contributed by atoms with van der Waals surface area (Å²) >= 11 is 0. The van der Waals surface area contributed by atoms with Gasteiger partial charge in [0, 0.05) is 17.0 Å². The third-order valence-electron chi connectivity index (χ3n) is 3.25. The topological polar surface area (TPSA) is 22.1 Å². The molecule has 3 aromatic rings. The number of ether oxygens (including phenoxy) is 1. The second kappa shape index (κ2) is 5.57. The Morgan fingerprint density at radius 3 is 2.50 bits per heavy atom. The molecule has 0 atom stereocenters. The lowest BCUT2D eigenvalue weighted by Crippen LogP contribution is -1.88. The Bertz CT molecular complexity index is 748. The zero-order chi connectivity index (χ0) is 13.8. The first-order chi connectivity index (χ1) is 9.88. The Morgan fingerprint density at radius 1 is 0.850 bits per heavy atom. The maximum atomic E-state index is 5.39. The molecule has 1 aromatic heterocycles. The van der Waals surface area contributed by atoms with Gasteiger partial charge in [0.25, 0.3) is 0 Å². The molecule has 0 saturated carbocycles. The van der Waals surface area contributed by atoms with E-state index in [0.717, 1.165) is 27.8 Å². The molecule has 98 valence electrons. The van der Waals surface area contributed by atoms with Gasteiger partial charge in [-0.05, 0) is 23.8 Å². The Labute approximate surface area is 118 Å². The average Bonchev–Trinajstić information content (AvgIpc) is 2.53. The van der Waals surface area contributed by atoms with Crippen molar-refractivity contribution in [1.29, 1.82) is 0 Å². The molecule has 0 aliphatic rings. The van der Waals surface area contributed by atoms with E-state index in [1.165, 1.54) is 0 Å². The quantitative estimate of drug-likeness (QED) is 0.696. The summed E-state index contributed by atoms with van der Waals surface area (Å²) in [6, 6.07) is 18.2. The van der Waals surface area contributed by atoms with Gasteiger partial charge in [0.05, 0.1) is 12.8 Å². The number of rotatable bonds is 3. The van der Waals surface area contributed by atoms with Crippen LogP contribution in [0.5, 0.6) is 5.75 Å². The fraction of sp³-hybridized carbons (Fsp3) is 0.0556. The van der Waals surface area contributed by atoms with Gasteiger partial charge in [-0.25, -0.2) is 0 Å². The summed E-state index contributed by atoms with van der Waals surface area (Å²) in [4.78, 5) is 4.45. The zero-order valence-corrected chi connectivity index (χ0v) is 11.3. The molecular weight excluding hydrogens is 246 g/mol. The summed E-state index contributed by atoms with van der Waals surface area (Å²) in [5.74, 6) is 0.874. The van der Waals surface area contributed by atoms with Crippen LogP contribution in [0, 0.1) is 0 Å². The van der Waals surface area contributed by atoms with Crippen molar-refractivity contribution in [3.05, 3.63) is 72.1 Å². The van der Waals surface area contributed by atoms with E-state index in [4.69, 9.17) is 4.74 Å². The smallest absolute Gasteiger partial charge is 0.126 e. The molecule has 3 rings (SSSR count). The van der Waals surface area contributed by atoms with E-state index < -0.39 is 0 Å². The van der Waals surface area contributed by atoms with Crippen LogP contribution in [0.15, 0.2) is 60.8 Å². The van der Waals surface area contributed by atoms with Crippen LogP contribution in [-0.2, 0) is 0 Å². The Morgan fingerprint density at radius 2 is 1.70 bits per heavy atom. The lowest BCUT2D eigenvalue weighted by Gasteiger charge is -2.06. The lowest BCUT2D eigenvalue weighted by molar-refractivity contribution is 0.420. The van der Waals surface area contributed by atoms with Crippen molar-refractivity contribution in [2.75, 3.05) is 7.11 Å². The highest BCUT2D eigenvalue weighted by Gasteiger charge is 2.03. The molecule has 0 radical (unpaired) electrons. The zero-order valence-electron chi connectivity index (χ0n) is 11.3. The van der Waals surface area contributed by atoms with E-state index in [-0.39, 0.29) is 0 Å². The van der Waals surface area contributed by atoms with Crippen molar-refractivity contribution < 1.29 is 4.74 Å². The van der Waals surface area contributed by atoms with Gasteiger partial charge >= 0.3 is 0 Å². The third kappa shape index (κ3) is 2.41. The van der Waals surface area contributed by atoms with Crippen LogP contribution >= 0.6 is 0 Å². The van der Waals surface area contributed by atoms with E-state index in [2.05, 4.69) is 29.3 Å². The minimum absolute atomic E-state index is 0.874. The number of methoxy groups -OCH3 is 1. The predicted octanol–water partition coefficient (Wildman–Crippen LogP) is 4.41. The van der Waals surface area contributed by atoms with Crippen molar-refractivity contribution in [1.82, 2.24) is 4.98 Å². The molecule has 1 heterocycles. The lowest BCUT2D eigenvalue weighted by atomic mass is 10.1. The normalized spacial score (nSPS) is 11.1. The van der Waals surface area contributed by atoms with Crippen molar-refractivity contribution >= 4 is 22.9 Å². The van der Waals surface area contributed by atoms with Crippen LogP contribution in [0.2, 0.25) is 0 Å². The van der Waals surface area contributed by atoms with Crippen LogP contribution in [0.1, 0.15) is 11.3 Å². The molecule has 2 aromatic carbocycles. The number of benzene rings is 2. The van der Waals surface area contributed by atoms with Gasteiger partial charge in [-0.2, -0.15) is 0 Å². The van der Waals surface area contributed by atoms with Crippen LogP contribution in [0.4, 0.5) is 0 Å². The van der Waals surface area contributed by atoms with Crippen LogP contribution in [0.3, 0.4) is 0 Å². The first-order valence-corrected chi connectivity index (χ1v) is 6.53. The molecule has 2 heteroatoms. The molecule has 2 nitrogen and oxygen atoms in total. The van der Waals surface area contributed by atoms with Crippen molar-refractivity contribution in [2.24, 2.45) is 0 Å². The molecule has 0 spiro atoms. The summed E-state index contributed by atoms with van der Waals surface area (Å²) in [5, 5.41) is 2.18. The summed E-state index contributed by atoms with van der Waals surface area (Å²) in [5.41, 5.74) is 2.11. The van der Waals surface area contributed by atoms with Gasteiger partial charge in [-0.3, -0.25) is 4.98 Å². The Hall–Kier alpha value is -2.61. The summed E-state index contributed by atoms with van der Waals surface area (Å²) in [6.07, 6.45) is 5.92. The molecule has 0 saturated heterocycles. The minimum Gasteiger partial charge on any atom is -0.496 e. The van der Waals surface area contributed by atoms with Crippen LogP contribution < -0.4 is 4.74 Å². The van der Waals surface area contributed by atoms with Crippen molar-refractivity contribution in [3.8, 4) is 5.75 Å². The fourth-order valence-corrected chi connectivity index (χ4v) is 2.25. The highest BCUT2D eigenvalue weighted by molar-refractivity contribution is 5.94. The highest BCUT2D eigenvalue weighted by Crippen LogP contribution is 2.27. The molecule has 0 aliphatic heterocycles. The van der Waals surface area contributed by atoms with E-state index in [0.29, 0.717) is 0 Å². The van der Waals surface area contributed by atoms with Gasteiger partial charge < -0.3 is 4.74 Å². The standard InChI is InChI=1S/C18H15NO/c1-20-18-9-5-8-15-16(18)12-13-19-17(15)11-10-14-6-3-2-4-7-14/h2-13H,1H3/b11-10+. The number of hydrogen-bond acceptors (Lipinski definition) is 2. The third-order valence-corrected chi connectivity index (χ3v) is 3.25. The summed E-state index contributed by atoms with van der Waals surface area (Å²) < 4.78 is 5.39. The monoisotopic (exact) mass is 261 g/mol. The number of aromatic nitrogens is 1. The summed E-state index contributed by atoms with van der Waals surface area (Å²) in [7, 11) is 1.69. The average molecular weight is 261 g/mol. The molecule has 0 unspecified atom stereocenters. The SMILES string of the molecule is COc1cccc2c(/C=C/c3ccccc3)nccc12. The number of fused-ring (bicyclic) bond motifs is 1. The number of nitrogens with zero attached hydrogens (tertiary/aromatic N) is 1. The second-order valence-electron chi connectivity index (χ2n) is 4.50. The van der Waals surface area contributed by atoms with Gasteiger partial charge in [-0.15, -0.1) is 0 Å². The summed E-state index contributed by atoms with van der Waals surface area (Å²) in [6.45, 7) is 0. The Balaban J connectivity index is 2.06. The van der Waals surface area contributed by atoms with Crippen LogP contribution in [-0.4, -0.2) is 12.1 Å². The predicted molar refractivity (Wildman–Crippen MR) is 83.7 cm³/mol. The molecular formula is C18H15NO. The van der Waals surface area contributed by atoms with Crippen molar-refractivity contribution in [2.45, 2.75) is 0 Å². The number of hydrogen-bond donors (Lipinski definition) is 0. The highest BCUT2D eigenvalue weighted by atomic mass is 16.5. The molecule has 0 N–H and O–H groups in total. The molecule has 20 heavy (non-hydrogen) atoms. The molecule has 0 bridgehead atoms.